The molecule has 0 amide bonds. The lowest BCUT2D eigenvalue weighted by Gasteiger charge is -2.27. The zero-order chi connectivity index (χ0) is 17.5. The Labute approximate surface area is 138 Å². The van der Waals surface area contributed by atoms with Crippen LogP contribution in [0.15, 0.2) is 23.1 Å². The molecule has 3 rings (SSSR count). The van der Waals surface area contributed by atoms with Crippen LogP contribution in [0, 0.1) is 11.3 Å². The van der Waals surface area contributed by atoms with Crippen molar-refractivity contribution in [2.24, 2.45) is 0 Å². The molecule has 1 aliphatic heterocycles. The molecule has 0 bridgehead atoms. The topological polar surface area (TPSA) is 73.2 Å². The molecular weight excluding hydrogens is 343 g/mol. The quantitative estimate of drug-likeness (QED) is 0.893. The van der Waals surface area contributed by atoms with E-state index in [2.05, 4.69) is 5.32 Å². The molecule has 1 aromatic rings. The van der Waals surface area contributed by atoms with Crippen molar-refractivity contribution in [1.29, 1.82) is 5.26 Å². The van der Waals surface area contributed by atoms with Crippen LogP contribution in [0.2, 0.25) is 0 Å². The van der Waals surface area contributed by atoms with E-state index in [1.165, 1.54) is 10.4 Å². The van der Waals surface area contributed by atoms with Gasteiger partial charge in [0.1, 0.15) is 0 Å². The van der Waals surface area contributed by atoms with E-state index >= 15 is 0 Å². The van der Waals surface area contributed by atoms with Crippen molar-refractivity contribution in [3.8, 4) is 6.07 Å². The maximum atomic E-state index is 12.9. The Kier molecular flexibility index (Phi) is 4.32. The van der Waals surface area contributed by atoms with Crippen molar-refractivity contribution in [3.63, 3.8) is 0 Å². The fourth-order valence-corrected chi connectivity index (χ4v) is 4.95. The lowest BCUT2D eigenvalue weighted by molar-refractivity contribution is -0.137. The molecule has 2 fully saturated rings. The van der Waals surface area contributed by atoms with Gasteiger partial charge >= 0.3 is 6.18 Å². The van der Waals surface area contributed by atoms with E-state index in [1.54, 1.807) is 0 Å². The highest BCUT2D eigenvalue weighted by Crippen LogP contribution is 2.37. The standard InChI is InChI=1S/C15H16F3N3O2S/c16-15(17,18)14-4-3-13(7-10(14)8-19)24(22,23)21(11-1-2-11)12-5-6-20-9-12/h3-4,7,11-12,20H,1-2,5-6,9H2. The first-order valence-corrected chi connectivity index (χ1v) is 9.05. The summed E-state index contributed by atoms with van der Waals surface area (Å²) in [5.74, 6) is 0. The SMILES string of the molecule is N#Cc1cc(S(=O)(=O)N(C2CC2)C2CCNC2)ccc1C(F)(F)F. The normalized spacial score (nSPS) is 21.9. The van der Waals surface area contributed by atoms with Crippen molar-refractivity contribution in [2.45, 2.75) is 42.4 Å². The summed E-state index contributed by atoms with van der Waals surface area (Å²) < 4.78 is 65.9. The number of hydrogen-bond acceptors (Lipinski definition) is 4. The number of nitriles is 1. The number of benzene rings is 1. The fourth-order valence-electron chi connectivity index (χ4n) is 3.02. The highest BCUT2D eigenvalue weighted by molar-refractivity contribution is 7.89. The Bertz CT molecular complexity index is 776. The highest BCUT2D eigenvalue weighted by Gasteiger charge is 2.44. The van der Waals surface area contributed by atoms with Gasteiger partial charge in [0.15, 0.2) is 0 Å². The number of nitrogens with zero attached hydrogens (tertiary/aromatic N) is 2. The van der Waals surface area contributed by atoms with Crippen molar-refractivity contribution >= 4 is 10.0 Å². The molecule has 0 radical (unpaired) electrons. The first-order valence-electron chi connectivity index (χ1n) is 7.61. The largest absolute Gasteiger partial charge is 0.417 e. The van der Waals surface area contributed by atoms with Crippen molar-refractivity contribution in [3.05, 3.63) is 29.3 Å². The second kappa shape index (κ2) is 6.02. The molecule has 1 unspecified atom stereocenters. The summed E-state index contributed by atoms with van der Waals surface area (Å²) in [5.41, 5.74) is -1.80. The van der Waals surface area contributed by atoms with Crippen LogP contribution in [0.5, 0.6) is 0 Å². The van der Waals surface area contributed by atoms with Crippen molar-refractivity contribution in [1.82, 2.24) is 9.62 Å². The molecule has 1 aromatic carbocycles. The third kappa shape index (κ3) is 3.14. The molecule has 2 aliphatic rings. The lowest BCUT2D eigenvalue weighted by Crippen LogP contribution is -2.43. The summed E-state index contributed by atoms with van der Waals surface area (Å²) in [4.78, 5) is -0.258. The number of halogens is 3. The Morgan fingerprint density at radius 2 is 1.92 bits per heavy atom. The van der Waals surface area contributed by atoms with Crippen LogP contribution in [0.3, 0.4) is 0 Å². The first-order chi connectivity index (χ1) is 11.2. The monoisotopic (exact) mass is 359 g/mol. The second-order valence-corrected chi connectivity index (χ2v) is 7.87. The van der Waals surface area contributed by atoms with Crippen LogP contribution in [0.1, 0.15) is 30.4 Å². The molecule has 1 saturated carbocycles. The van der Waals surface area contributed by atoms with Gasteiger partial charge in [0, 0.05) is 18.6 Å². The minimum atomic E-state index is -4.70. The predicted octanol–water partition coefficient (Wildman–Crippen LogP) is 2.09. The lowest BCUT2D eigenvalue weighted by atomic mass is 10.1. The summed E-state index contributed by atoms with van der Waals surface area (Å²) in [6.45, 7) is 1.24. The van der Waals surface area contributed by atoms with Crippen LogP contribution in [-0.2, 0) is 16.2 Å². The summed E-state index contributed by atoms with van der Waals surface area (Å²) in [5, 5.41) is 12.1. The third-order valence-corrected chi connectivity index (χ3v) is 6.29. The zero-order valence-corrected chi connectivity index (χ0v) is 13.5. The van der Waals surface area contributed by atoms with Crippen molar-refractivity contribution in [2.75, 3.05) is 13.1 Å². The molecule has 1 atom stereocenters. The summed E-state index contributed by atoms with van der Waals surface area (Å²) in [6.07, 6.45) is -2.52. The average molecular weight is 359 g/mol. The molecule has 9 heteroatoms. The number of nitrogens with one attached hydrogen (secondary N) is 1. The molecule has 0 spiro atoms. The van der Waals surface area contributed by atoms with E-state index in [1.807, 2.05) is 0 Å². The van der Waals surface area contributed by atoms with Gasteiger partial charge in [0.05, 0.1) is 22.1 Å². The number of hydrogen-bond donors (Lipinski definition) is 1. The number of alkyl halides is 3. The Balaban J connectivity index is 2.01. The molecule has 130 valence electrons. The number of sulfonamides is 1. The van der Waals surface area contributed by atoms with E-state index in [-0.39, 0.29) is 17.0 Å². The molecule has 24 heavy (non-hydrogen) atoms. The Hall–Kier alpha value is -1.63. The summed E-state index contributed by atoms with van der Waals surface area (Å²) in [6, 6.07) is 3.59. The van der Waals surface area contributed by atoms with Gasteiger partial charge in [-0.1, -0.05) is 0 Å². The average Bonchev–Trinajstić information content (AvgIpc) is 3.19. The zero-order valence-electron chi connectivity index (χ0n) is 12.7. The molecule has 1 heterocycles. The van der Waals surface area contributed by atoms with Gasteiger partial charge < -0.3 is 5.32 Å². The van der Waals surface area contributed by atoms with Gasteiger partial charge in [0.2, 0.25) is 10.0 Å². The van der Waals surface area contributed by atoms with Crippen LogP contribution >= 0.6 is 0 Å². The van der Waals surface area contributed by atoms with Gasteiger partial charge in [-0.25, -0.2) is 8.42 Å². The fraction of sp³-hybridized carbons (Fsp3) is 0.533. The first kappa shape index (κ1) is 17.2. The molecule has 1 saturated heterocycles. The van der Waals surface area contributed by atoms with Gasteiger partial charge in [-0.3, -0.25) is 0 Å². The molecule has 1 N–H and O–H groups in total. The smallest absolute Gasteiger partial charge is 0.315 e. The Morgan fingerprint density at radius 1 is 1.21 bits per heavy atom. The molecule has 1 aliphatic carbocycles. The Morgan fingerprint density at radius 3 is 2.42 bits per heavy atom. The van der Waals surface area contributed by atoms with Gasteiger partial charge in [-0.2, -0.15) is 22.7 Å². The van der Waals surface area contributed by atoms with E-state index in [0.717, 1.165) is 25.0 Å². The van der Waals surface area contributed by atoms with Gasteiger partial charge in [0.25, 0.3) is 0 Å². The second-order valence-electron chi connectivity index (χ2n) is 6.03. The third-order valence-electron chi connectivity index (χ3n) is 4.29. The summed E-state index contributed by atoms with van der Waals surface area (Å²) in [7, 11) is -3.94. The van der Waals surface area contributed by atoms with Crippen LogP contribution in [0.25, 0.3) is 0 Å². The molecule has 5 nitrogen and oxygen atoms in total. The van der Waals surface area contributed by atoms with E-state index < -0.39 is 27.3 Å². The maximum Gasteiger partial charge on any atom is 0.417 e. The van der Waals surface area contributed by atoms with Crippen LogP contribution in [0.4, 0.5) is 13.2 Å². The maximum absolute atomic E-state index is 12.9. The van der Waals surface area contributed by atoms with Gasteiger partial charge in [-0.05, 0) is 44.0 Å². The van der Waals surface area contributed by atoms with Crippen LogP contribution in [-0.4, -0.2) is 37.9 Å². The van der Waals surface area contributed by atoms with Crippen molar-refractivity contribution < 1.29 is 21.6 Å². The minimum Gasteiger partial charge on any atom is -0.315 e. The number of rotatable bonds is 4. The van der Waals surface area contributed by atoms with Crippen LogP contribution < -0.4 is 5.32 Å². The summed E-state index contributed by atoms with van der Waals surface area (Å²) >= 11 is 0. The van der Waals surface area contributed by atoms with E-state index in [9.17, 15) is 21.6 Å². The van der Waals surface area contributed by atoms with E-state index in [0.29, 0.717) is 25.6 Å². The minimum absolute atomic E-state index is 0.104. The van der Waals surface area contributed by atoms with E-state index in [4.69, 9.17) is 5.26 Å². The van der Waals surface area contributed by atoms with Gasteiger partial charge in [-0.15, -0.1) is 0 Å². The highest BCUT2D eigenvalue weighted by atomic mass is 32.2. The molecule has 0 aromatic heterocycles. The predicted molar refractivity (Wildman–Crippen MR) is 79.5 cm³/mol. The molecular formula is C15H16F3N3O2S.